The Balaban J connectivity index is 1.73. The fourth-order valence-electron chi connectivity index (χ4n) is 3.58. The molecule has 5 heteroatoms. The van der Waals surface area contributed by atoms with Crippen LogP contribution in [0.2, 0.25) is 0 Å². The lowest BCUT2D eigenvalue weighted by molar-refractivity contribution is -0.103. The maximum Gasteiger partial charge on any atom is 0.182 e. The molecule has 1 heterocycles. The SMILES string of the molecule is Fc1cc(F)c(F)c(NC2CCOC3(CCCCC3)C2)c1. The molecule has 1 aromatic rings. The molecule has 116 valence electrons. The second-order valence-corrected chi connectivity index (χ2v) is 6.18. The molecule has 0 bridgehead atoms. The normalized spacial score (nSPS) is 25.0. The van der Waals surface area contributed by atoms with Crippen LogP contribution in [0.15, 0.2) is 12.1 Å². The zero-order chi connectivity index (χ0) is 14.9. The molecule has 3 rings (SSSR count). The molecule has 1 atom stereocenters. The number of hydrogen-bond donors (Lipinski definition) is 1. The minimum atomic E-state index is -1.16. The Bertz CT molecular complexity index is 509. The molecule has 2 fully saturated rings. The first-order valence-corrected chi connectivity index (χ1v) is 7.63. The van der Waals surface area contributed by atoms with Crippen LogP contribution >= 0.6 is 0 Å². The van der Waals surface area contributed by atoms with E-state index >= 15 is 0 Å². The smallest absolute Gasteiger partial charge is 0.182 e. The van der Waals surface area contributed by atoms with E-state index in [2.05, 4.69) is 5.32 Å². The van der Waals surface area contributed by atoms with E-state index in [0.717, 1.165) is 44.6 Å². The van der Waals surface area contributed by atoms with Gasteiger partial charge in [0.15, 0.2) is 11.6 Å². The summed E-state index contributed by atoms with van der Waals surface area (Å²) in [6.07, 6.45) is 7.05. The summed E-state index contributed by atoms with van der Waals surface area (Å²) < 4.78 is 46.2. The number of halogens is 3. The van der Waals surface area contributed by atoms with Gasteiger partial charge in [-0.2, -0.15) is 0 Å². The number of ether oxygens (including phenoxy) is 1. The van der Waals surface area contributed by atoms with E-state index < -0.39 is 17.5 Å². The van der Waals surface area contributed by atoms with Gasteiger partial charge in [-0.1, -0.05) is 19.3 Å². The van der Waals surface area contributed by atoms with Gasteiger partial charge in [-0.25, -0.2) is 13.2 Å². The Morgan fingerprint density at radius 1 is 1.10 bits per heavy atom. The molecule has 0 radical (unpaired) electrons. The third-order valence-electron chi connectivity index (χ3n) is 4.61. The number of benzene rings is 1. The molecular formula is C16H20F3NO. The molecule has 2 aliphatic rings. The largest absolute Gasteiger partial charge is 0.380 e. The van der Waals surface area contributed by atoms with E-state index in [1.165, 1.54) is 6.42 Å². The number of rotatable bonds is 2. The summed E-state index contributed by atoms with van der Waals surface area (Å²) in [6, 6.07) is 1.57. The third-order valence-corrected chi connectivity index (χ3v) is 4.61. The Hall–Kier alpha value is -1.23. The van der Waals surface area contributed by atoms with Crippen molar-refractivity contribution in [2.75, 3.05) is 11.9 Å². The highest BCUT2D eigenvalue weighted by Gasteiger charge is 2.38. The molecule has 21 heavy (non-hydrogen) atoms. The minimum absolute atomic E-state index is 0.00690. The van der Waals surface area contributed by atoms with Crippen LogP contribution < -0.4 is 5.32 Å². The fraction of sp³-hybridized carbons (Fsp3) is 0.625. The molecule has 1 saturated heterocycles. The van der Waals surface area contributed by atoms with Crippen LogP contribution in [0.4, 0.5) is 18.9 Å². The van der Waals surface area contributed by atoms with Crippen LogP contribution in [0.1, 0.15) is 44.9 Å². The maximum atomic E-state index is 13.7. The fourth-order valence-corrected chi connectivity index (χ4v) is 3.58. The van der Waals surface area contributed by atoms with E-state index in [1.807, 2.05) is 0 Å². The van der Waals surface area contributed by atoms with Crippen molar-refractivity contribution in [2.24, 2.45) is 0 Å². The van der Waals surface area contributed by atoms with Crippen LogP contribution in [0.3, 0.4) is 0 Å². The van der Waals surface area contributed by atoms with Crippen molar-refractivity contribution >= 4 is 5.69 Å². The standard InChI is InChI=1S/C16H20F3NO/c17-11-8-13(18)15(19)14(9-11)20-12-4-7-21-16(10-12)5-2-1-3-6-16/h8-9,12,20H,1-7,10H2. The molecule has 1 N–H and O–H groups in total. The van der Waals surface area contributed by atoms with Crippen molar-refractivity contribution < 1.29 is 17.9 Å². The Morgan fingerprint density at radius 2 is 1.86 bits per heavy atom. The van der Waals surface area contributed by atoms with Gasteiger partial charge in [-0.05, 0) is 25.7 Å². The Morgan fingerprint density at radius 3 is 2.62 bits per heavy atom. The van der Waals surface area contributed by atoms with Crippen LogP contribution in [0.5, 0.6) is 0 Å². The van der Waals surface area contributed by atoms with Crippen LogP contribution in [-0.4, -0.2) is 18.2 Å². The average Bonchev–Trinajstić information content (AvgIpc) is 2.45. The van der Waals surface area contributed by atoms with Crippen LogP contribution in [0, 0.1) is 17.5 Å². The van der Waals surface area contributed by atoms with Crippen molar-refractivity contribution in [3.63, 3.8) is 0 Å². The Labute approximate surface area is 122 Å². The van der Waals surface area contributed by atoms with Crippen LogP contribution in [-0.2, 0) is 4.74 Å². The zero-order valence-corrected chi connectivity index (χ0v) is 11.9. The van der Waals surface area contributed by atoms with E-state index in [0.29, 0.717) is 12.7 Å². The summed E-state index contributed by atoms with van der Waals surface area (Å²) in [7, 11) is 0. The molecule has 1 aromatic carbocycles. The van der Waals surface area contributed by atoms with Gasteiger partial charge in [0.1, 0.15) is 5.82 Å². The molecule has 0 aromatic heterocycles. The summed E-state index contributed by atoms with van der Waals surface area (Å²) in [5.74, 6) is -2.94. The van der Waals surface area contributed by atoms with Gasteiger partial charge in [0.25, 0.3) is 0 Å². The lowest BCUT2D eigenvalue weighted by atomic mass is 9.78. The predicted octanol–water partition coefficient (Wildman–Crippen LogP) is 4.40. The molecule has 1 saturated carbocycles. The number of hydrogen-bond acceptors (Lipinski definition) is 2. The monoisotopic (exact) mass is 299 g/mol. The van der Waals surface area contributed by atoms with Crippen LogP contribution in [0.25, 0.3) is 0 Å². The number of anilines is 1. The average molecular weight is 299 g/mol. The maximum absolute atomic E-state index is 13.7. The third kappa shape index (κ3) is 3.18. The molecule has 1 spiro atoms. The van der Waals surface area contributed by atoms with Crippen molar-refractivity contribution in [1.82, 2.24) is 0 Å². The van der Waals surface area contributed by atoms with E-state index in [1.54, 1.807) is 0 Å². The van der Waals surface area contributed by atoms with Crippen molar-refractivity contribution in [3.8, 4) is 0 Å². The highest BCUT2D eigenvalue weighted by molar-refractivity contribution is 5.46. The Kier molecular flexibility index (Phi) is 4.11. The molecule has 1 unspecified atom stereocenters. The molecule has 0 amide bonds. The van der Waals surface area contributed by atoms with Gasteiger partial charge in [0.05, 0.1) is 11.3 Å². The lowest BCUT2D eigenvalue weighted by Crippen LogP contribution is -2.45. The van der Waals surface area contributed by atoms with Gasteiger partial charge in [0, 0.05) is 24.8 Å². The zero-order valence-electron chi connectivity index (χ0n) is 11.9. The number of nitrogens with one attached hydrogen (secondary N) is 1. The quantitative estimate of drug-likeness (QED) is 0.817. The van der Waals surface area contributed by atoms with Gasteiger partial charge >= 0.3 is 0 Å². The van der Waals surface area contributed by atoms with Gasteiger partial charge in [0.2, 0.25) is 0 Å². The molecule has 1 aliphatic heterocycles. The van der Waals surface area contributed by atoms with Crippen molar-refractivity contribution in [1.29, 1.82) is 0 Å². The van der Waals surface area contributed by atoms with Gasteiger partial charge < -0.3 is 10.1 Å². The minimum Gasteiger partial charge on any atom is -0.380 e. The first kappa shape index (κ1) is 14.7. The predicted molar refractivity (Wildman–Crippen MR) is 74.7 cm³/mol. The van der Waals surface area contributed by atoms with E-state index in [9.17, 15) is 13.2 Å². The molecule has 1 aliphatic carbocycles. The summed E-state index contributed by atoms with van der Waals surface area (Å²) in [6.45, 7) is 0.608. The van der Waals surface area contributed by atoms with Crippen molar-refractivity contribution in [3.05, 3.63) is 29.6 Å². The summed E-state index contributed by atoms with van der Waals surface area (Å²) in [5.41, 5.74) is -0.221. The second-order valence-electron chi connectivity index (χ2n) is 6.18. The summed E-state index contributed by atoms with van der Waals surface area (Å²) in [5, 5.41) is 2.97. The van der Waals surface area contributed by atoms with E-state index in [-0.39, 0.29) is 17.3 Å². The van der Waals surface area contributed by atoms with Gasteiger partial charge in [-0.15, -0.1) is 0 Å². The summed E-state index contributed by atoms with van der Waals surface area (Å²) in [4.78, 5) is 0. The molecular weight excluding hydrogens is 279 g/mol. The van der Waals surface area contributed by atoms with Crippen molar-refractivity contribution in [2.45, 2.75) is 56.6 Å². The molecule has 2 nitrogen and oxygen atoms in total. The topological polar surface area (TPSA) is 21.3 Å². The van der Waals surface area contributed by atoms with Gasteiger partial charge in [-0.3, -0.25) is 0 Å². The highest BCUT2D eigenvalue weighted by atomic mass is 19.2. The van der Waals surface area contributed by atoms with E-state index in [4.69, 9.17) is 4.74 Å². The second kappa shape index (κ2) is 5.87. The first-order valence-electron chi connectivity index (χ1n) is 7.63. The first-order chi connectivity index (χ1) is 10.1. The summed E-state index contributed by atoms with van der Waals surface area (Å²) >= 11 is 0. The highest BCUT2D eigenvalue weighted by Crippen LogP contribution is 2.39. The lowest BCUT2D eigenvalue weighted by Gasteiger charge is -2.44.